The van der Waals surface area contributed by atoms with E-state index in [2.05, 4.69) is 4.90 Å². The molecule has 0 N–H and O–H groups in total. The highest BCUT2D eigenvalue weighted by Gasteiger charge is 2.30. The van der Waals surface area contributed by atoms with Crippen LogP contribution in [-0.2, 0) is 9.63 Å². The Bertz CT molecular complexity index is 206. The number of hydrogen-bond donors (Lipinski definition) is 0. The van der Waals surface area contributed by atoms with Crippen LogP contribution >= 0.6 is 0 Å². The lowest BCUT2D eigenvalue weighted by molar-refractivity contribution is -0.195. The molecule has 0 aromatic rings. The van der Waals surface area contributed by atoms with Gasteiger partial charge in [-0.15, -0.1) is 0 Å². The summed E-state index contributed by atoms with van der Waals surface area (Å²) in [7, 11) is 3.67. The van der Waals surface area contributed by atoms with Gasteiger partial charge in [0, 0.05) is 7.05 Å². The van der Waals surface area contributed by atoms with Gasteiger partial charge >= 0.3 is 0 Å². The number of likely N-dealkylation sites (tertiary alicyclic amines) is 1. The molecule has 0 radical (unpaired) electrons. The molecular formula is C10H20N2O2. The first-order valence-corrected chi connectivity index (χ1v) is 5.17. The second-order valence-electron chi connectivity index (χ2n) is 4.13. The number of carbonyl (C=O) groups excluding carboxylic acids is 1. The molecule has 82 valence electrons. The van der Waals surface area contributed by atoms with E-state index in [1.165, 1.54) is 5.06 Å². The van der Waals surface area contributed by atoms with Gasteiger partial charge in [-0.25, -0.2) is 5.06 Å². The van der Waals surface area contributed by atoms with Crippen LogP contribution in [0.15, 0.2) is 0 Å². The summed E-state index contributed by atoms with van der Waals surface area (Å²) < 4.78 is 0. The minimum atomic E-state index is 0.0127. The Balaban J connectivity index is 2.47. The van der Waals surface area contributed by atoms with Gasteiger partial charge in [-0.1, -0.05) is 0 Å². The summed E-state index contributed by atoms with van der Waals surface area (Å²) in [5, 5.41) is 1.37. The van der Waals surface area contributed by atoms with E-state index in [4.69, 9.17) is 4.84 Å². The zero-order chi connectivity index (χ0) is 10.7. The van der Waals surface area contributed by atoms with Crippen LogP contribution in [0.3, 0.4) is 0 Å². The lowest BCUT2D eigenvalue weighted by Crippen LogP contribution is -2.43. The molecule has 1 rings (SSSR count). The Hall–Kier alpha value is -0.610. The third-order valence-electron chi connectivity index (χ3n) is 2.48. The van der Waals surface area contributed by atoms with Gasteiger partial charge in [-0.3, -0.25) is 14.5 Å². The highest BCUT2D eigenvalue weighted by molar-refractivity contribution is 5.80. The van der Waals surface area contributed by atoms with Gasteiger partial charge in [0.2, 0.25) is 0 Å². The summed E-state index contributed by atoms with van der Waals surface area (Å²) in [6.45, 7) is 4.84. The molecule has 1 atom stereocenters. The second-order valence-corrected chi connectivity index (χ2v) is 4.13. The Morgan fingerprint density at radius 1 is 1.57 bits per heavy atom. The van der Waals surface area contributed by atoms with Gasteiger partial charge in [0.15, 0.2) is 0 Å². The predicted molar refractivity (Wildman–Crippen MR) is 54.6 cm³/mol. The van der Waals surface area contributed by atoms with E-state index in [0.29, 0.717) is 0 Å². The Morgan fingerprint density at radius 3 is 2.64 bits per heavy atom. The van der Waals surface area contributed by atoms with Crippen LogP contribution in [0.1, 0.15) is 26.7 Å². The summed E-state index contributed by atoms with van der Waals surface area (Å²) in [5.41, 5.74) is 0. The quantitative estimate of drug-likeness (QED) is 0.634. The minimum absolute atomic E-state index is 0.0127. The maximum atomic E-state index is 11.9. The molecule has 1 saturated heterocycles. The molecule has 0 aromatic carbocycles. The summed E-state index contributed by atoms with van der Waals surface area (Å²) in [6, 6.07) is 0.0127. The third-order valence-corrected chi connectivity index (χ3v) is 2.48. The number of hydrogen-bond acceptors (Lipinski definition) is 3. The lowest BCUT2D eigenvalue weighted by Gasteiger charge is -2.25. The monoisotopic (exact) mass is 200 g/mol. The molecule has 14 heavy (non-hydrogen) atoms. The molecular weight excluding hydrogens is 180 g/mol. The lowest BCUT2D eigenvalue weighted by atomic mass is 10.2. The summed E-state index contributed by atoms with van der Waals surface area (Å²) in [6.07, 6.45) is 2.10. The third kappa shape index (κ3) is 2.69. The molecule has 1 fully saturated rings. The Labute approximate surface area is 85.8 Å². The van der Waals surface area contributed by atoms with Crippen LogP contribution in [0.2, 0.25) is 0 Å². The first kappa shape index (κ1) is 11.5. The predicted octanol–water partition coefficient (Wildman–Crippen LogP) is 0.879. The molecule has 0 aromatic heterocycles. The van der Waals surface area contributed by atoms with E-state index in [0.717, 1.165) is 19.4 Å². The van der Waals surface area contributed by atoms with Crippen molar-refractivity contribution in [1.82, 2.24) is 9.96 Å². The van der Waals surface area contributed by atoms with Crippen molar-refractivity contribution in [2.45, 2.75) is 38.8 Å². The van der Waals surface area contributed by atoms with Gasteiger partial charge in [-0.2, -0.15) is 0 Å². The molecule has 0 spiro atoms. The highest BCUT2D eigenvalue weighted by Crippen LogP contribution is 2.16. The normalized spacial score (nSPS) is 23.1. The fourth-order valence-corrected chi connectivity index (χ4v) is 1.80. The van der Waals surface area contributed by atoms with E-state index in [9.17, 15) is 4.79 Å². The van der Waals surface area contributed by atoms with Crippen LogP contribution in [0.5, 0.6) is 0 Å². The van der Waals surface area contributed by atoms with E-state index in [1.54, 1.807) is 7.05 Å². The van der Waals surface area contributed by atoms with E-state index in [1.807, 2.05) is 20.9 Å². The van der Waals surface area contributed by atoms with Crippen molar-refractivity contribution in [2.75, 3.05) is 20.6 Å². The number of carbonyl (C=O) groups is 1. The maximum absolute atomic E-state index is 11.9. The highest BCUT2D eigenvalue weighted by atomic mass is 16.7. The fraction of sp³-hybridized carbons (Fsp3) is 0.900. The SMILES string of the molecule is CC(C)ON(C)C(=O)C1CCCN1C. The van der Waals surface area contributed by atoms with Gasteiger partial charge in [0.05, 0.1) is 12.1 Å². The van der Waals surface area contributed by atoms with Crippen molar-refractivity contribution in [2.24, 2.45) is 0 Å². The molecule has 0 bridgehead atoms. The van der Waals surface area contributed by atoms with E-state index < -0.39 is 0 Å². The minimum Gasteiger partial charge on any atom is -0.295 e. The molecule has 4 nitrogen and oxygen atoms in total. The standard InChI is InChI=1S/C10H20N2O2/c1-8(2)14-12(4)10(13)9-6-5-7-11(9)3/h8-9H,5-7H2,1-4H3. The van der Waals surface area contributed by atoms with Crippen LogP contribution in [-0.4, -0.2) is 48.7 Å². The topological polar surface area (TPSA) is 32.8 Å². The Kier molecular flexibility index (Phi) is 3.89. The van der Waals surface area contributed by atoms with Gasteiger partial charge < -0.3 is 0 Å². The molecule has 1 aliphatic rings. The average Bonchev–Trinajstić information content (AvgIpc) is 2.48. The second kappa shape index (κ2) is 4.75. The molecule has 1 aliphatic heterocycles. The van der Waals surface area contributed by atoms with Crippen LogP contribution in [0, 0.1) is 0 Å². The van der Waals surface area contributed by atoms with Crippen molar-refractivity contribution < 1.29 is 9.63 Å². The Morgan fingerprint density at radius 2 is 2.21 bits per heavy atom. The van der Waals surface area contributed by atoms with Crippen LogP contribution in [0.4, 0.5) is 0 Å². The number of rotatable bonds is 3. The maximum Gasteiger partial charge on any atom is 0.263 e. The number of nitrogens with zero attached hydrogens (tertiary/aromatic N) is 2. The zero-order valence-corrected chi connectivity index (χ0v) is 9.49. The fourth-order valence-electron chi connectivity index (χ4n) is 1.80. The number of likely N-dealkylation sites (N-methyl/N-ethyl adjacent to an activating group) is 2. The van der Waals surface area contributed by atoms with Crippen LogP contribution in [0.25, 0.3) is 0 Å². The summed E-state index contributed by atoms with van der Waals surface area (Å²) in [4.78, 5) is 19.3. The van der Waals surface area contributed by atoms with Crippen molar-refractivity contribution in [3.63, 3.8) is 0 Å². The first-order valence-electron chi connectivity index (χ1n) is 5.17. The van der Waals surface area contributed by atoms with Crippen molar-refractivity contribution >= 4 is 5.91 Å². The average molecular weight is 200 g/mol. The molecule has 1 unspecified atom stereocenters. The molecule has 1 amide bonds. The van der Waals surface area contributed by atoms with Crippen molar-refractivity contribution in [1.29, 1.82) is 0 Å². The summed E-state index contributed by atoms with van der Waals surface area (Å²) >= 11 is 0. The number of amides is 1. The molecule has 0 saturated carbocycles. The zero-order valence-electron chi connectivity index (χ0n) is 9.49. The van der Waals surface area contributed by atoms with Gasteiger partial charge in [-0.05, 0) is 40.3 Å². The molecule has 4 heteroatoms. The summed E-state index contributed by atoms with van der Waals surface area (Å²) in [5.74, 6) is 0.0682. The van der Waals surface area contributed by atoms with Gasteiger partial charge in [0.1, 0.15) is 0 Å². The van der Waals surface area contributed by atoms with Crippen molar-refractivity contribution in [3.8, 4) is 0 Å². The first-order chi connectivity index (χ1) is 6.52. The molecule has 0 aliphatic carbocycles. The van der Waals surface area contributed by atoms with Crippen molar-refractivity contribution in [3.05, 3.63) is 0 Å². The van der Waals surface area contributed by atoms with Gasteiger partial charge in [0.25, 0.3) is 5.91 Å². The largest absolute Gasteiger partial charge is 0.295 e. The molecule has 1 heterocycles. The van der Waals surface area contributed by atoms with E-state index >= 15 is 0 Å². The van der Waals surface area contributed by atoms with Crippen LogP contribution < -0.4 is 0 Å². The smallest absolute Gasteiger partial charge is 0.263 e. The van der Waals surface area contributed by atoms with E-state index in [-0.39, 0.29) is 18.1 Å². The number of hydroxylamine groups is 2.